The molecule has 0 atom stereocenters. The number of aromatic nitrogens is 2. The molecule has 0 unspecified atom stereocenters. The van der Waals surface area contributed by atoms with Gasteiger partial charge in [0.25, 0.3) is 0 Å². The zero-order chi connectivity index (χ0) is 14.7. The van der Waals surface area contributed by atoms with Crippen molar-refractivity contribution >= 4 is 0 Å². The van der Waals surface area contributed by atoms with Crippen LogP contribution in [0.3, 0.4) is 0 Å². The van der Waals surface area contributed by atoms with E-state index in [1.807, 2.05) is 59.3 Å². The van der Waals surface area contributed by atoms with E-state index < -0.39 is 0 Å². The van der Waals surface area contributed by atoms with Crippen molar-refractivity contribution in [3.05, 3.63) is 61.1 Å². The molecule has 0 N–H and O–H groups in total. The SMILES string of the molecule is COc1ccc(-c2cn(-c3ccc(OC)cc3)cn2)cc1. The second-order valence-corrected chi connectivity index (χ2v) is 4.59. The van der Waals surface area contributed by atoms with E-state index in [1.54, 1.807) is 20.5 Å². The van der Waals surface area contributed by atoms with Gasteiger partial charge >= 0.3 is 0 Å². The quantitative estimate of drug-likeness (QED) is 0.733. The van der Waals surface area contributed by atoms with Crippen LogP contribution in [0.4, 0.5) is 0 Å². The van der Waals surface area contributed by atoms with Crippen LogP contribution in [0.1, 0.15) is 0 Å². The monoisotopic (exact) mass is 280 g/mol. The molecule has 0 saturated carbocycles. The second kappa shape index (κ2) is 5.71. The van der Waals surface area contributed by atoms with Gasteiger partial charge in [-0.05, 0) is 48.5 Å². The third kappa shape index (κ3) is 2.74. The summed E-state index contributed by atoms with van der Waals surface area (Å²) in [6.45, 7) is 0. The predicted octanol–water partition coefficient (Wildman–Crippen LogP) is 3.56. The zero-order valence-corrected chi connectivity index (χ0v) is 12.0. The molecular weight excluding hydrogens is 264 g/mol. The molecule has 4 nitrogen and oxygen atoms in total. The molecule has 106 valence electrons. The predicted molar refractivity (Wildman–Crippen MR) is 82.1 cm³/mol. The summed E-state index contributed by atoms with van der Waals surface area (Å²) >= 11 is 0. The van der Waals surface area contributed by atoms with E-state index in [-0.39, 0.29) is 0 Å². The molecule has 0 radical (unpaired) electrons. The number of nitrogens with zero attached hydrogens (tertiary/aromatic N) is 2. The van der Waals surface area contributed by atoms with E-state index in [0.29, 0.717) is 0 Å². The lowest BCUT2D eigenvalue weighted by Crippen LogP contribution is -1.90. The van der Waals surface area contributed by atoms with Gasteiger partial charge in [0.15, 0.2) is 0 Å². The molecule has 0 bridgehead atoms. The first-order valence-corrected chi connectivity index (χ1v) is 6.63. The van der Waals surface area contributed by atoms with E-state index >= 15 is 0 Å². The fourth-order valence-corrected chi connectivity index (χ4v) is 2.13. The number of imidazole rings is 1. The molecule has 0 aliphatic heterocycles. The Morgan fingerprint density at radius 1 is 0.810 bits per heavy atom. The number of ether oxygens (including phenoxy) is 2. The standard InChI is InChI=1S/C17H16N2O2/c1-20-15-7-3-13(4-8-15)17-11-19(12-18-17)14-5-9-16(21-2)10-6-14/h3-12H,1-2H3. The lowest BCUT2D eigenvalue weighted by molar-refractivity contribution is 0.414. The van der Waals surface area contributed by atoms with Gasteiger partial charge in [0.05, 0.1) is 26.2 Å². The molecule has 2 aromatic carbocycles. The highest BCUT2D eigenvalue weighted by Crippen LogP contribution is 2.22. The van der Waals surface area contributed by atoms with Gasteiger partial charge in [-0.25, -0.2) is 4.98 Å². The molecule has 1 heterocycles. The normalized spacial score (nSPS) is 10.4. The van der Waals surface area contributed by atoms with Crippen LogP contribution in [0.5, 0.6) is 11.5 Å². The van der Waals surface area contributed by atoms with Crippen LogP contribution < -0.4 is 9.47 Å². The van der Waals surface area contributed by atoms with Gasteiger partial charge in [0, 0.05) is 17.4 Å². The van der Waals surface area contributed by atoms with Crippen molar-refractivity contribution in [1.82, 2.24) is 9.55 Å². The maximum absolute atomic E-state index is 5.16. The highest BCUT2D eigenvalue weighted by atomic mass is 16.5. The van der Waals surface area contributed by atoms with Crippen LogP contribution in [0.25, 0.3) is 16.9 Å². The number of methoxy groups -OCH3 is 2. The highest BCUT2D eigenvalue weighted by molar-refractivity contribution is 5.60. The lowest BCUT2D eigenvalue weighted by atomic mass is 10.1. The van der Waals surface area contributed by atoms with Crippen LogP contribution >= 0.6 is 0 Å². The minimum absolute atomic E-state index is 0.841. The average Bonchev–Trinajstić information content (AvgIpc) is 3.05. The minimum atomic E-state index is 0.841. The maximum atomic E-state index is 5.16. The second-order valence-electron chi connectivity index (χ2n) is 4.59. The van der Waals surface area contributed by atoms with Crippen LogP contribution in [0.15, 0.2) is 61.1 Å². The molecule has 0 fully saturated rings. The molecule has 4 heteroatoms. The van der Waals surface area contributed by atoms with Gasteiger partial charge in [-0.1, -0.05) is 0 Å². The zero-order valence-electron chi connectivity index (χ0n) is 12.0. The smallest absolute Gasteiger partial charge is 0.119 e. The molecule has 0 amide bonds. The van der Waals surface area contributed by atoms with Crippen molar-refractivity contribution < 1.29 is 9.47 Å². The molecule has 3 rings (SSSR count). The highest BCUT2D eigenvalue weighted by Gasteiger charge is 2.04. The fourth-order valence-electron chi connectivity index (χ4n) is 2.13. The Kier molecular flexibility index (Phi) is 3.60. The Morgan fingerprint density at radius 3 is 1.95 bits per heavy atom. The first kappa shape index (κ1) is 13.2. The Hall–Kier alpha value is -2.75. The fraction of sp³-hybridized carbons (Fsp3) is 0.118. The van der Waals surface area contributed by atoms with Crippen molar-refractivity contribution in [1.29, 1.82) is 0 Å². The van der Waals surface area contributed by atoms with Gasteiger partial charge in [-0.2, -0.15) is 0 Å². The van der Waals surface area contributed by atoms with Crippen LogP contribution in [-0.4, -0.2) is 23.8 Å². The summed E-state index contributed by atoms with van der Waals surface area (Å²) in [6.07, 6.45) is 3.81. The largest absolute Gasteiger partial charge is 0.497 e. The van der Waals surface area contributed by atoms with Crippen molar-refractivity contribution in [2.45, 2.75) is 0 Å². The third-order valence-corrected chi connectivity index (χ3v) is 3.34. The number of hydrogen-bond acceptors (Lipinski definition) is 3. The summed E-state index contributed by atoms with van der Waals surface area (Å²) in [5, 5.41) is 0. The van der Waals surface area contributed by atoms with Gasteiger partial charge in [-0.15, -0.1) is 0 Å². The first-order chi connectivity index (χ1) is 10.3. The van der Waals surface area contributed by atoms with Crippen molar-refractivity contribution in [3.63, 3.8) is 0 Å². The number of benzene rings is 2. The van der Waals surface area contributed by atoms with Crippen LogP contribution in [-0.2, 0) is 0 Å². The molecule has 0 aliphatic rings. The lowest BCUT2D eigenvalue weighted by Gasteiger charge is -2.03. The van der Waals surface area contributed by atoms with Crippen molar-refractivity contribution in [3.8, 4) is 28.4 Å². The Labute approximate surface area is 123 Å². The van der Waals surface area contributed by atoms with Gasteiger partial charge in [0.1, 0.15) is 11.5 Å². The topological polar surface area (TPSA) is 36.3 Å². The Morgan fingerprint density at radius 2 is 1.38 bits per heavy atom. The van der Waals surface area contributed by atoms with E-state index in [4.69, 9.17) is 9.47 Å². The molecule has 0 saturated heterocycles. The van der Waals surface area contributed by atoms with Gasteiger partial charge in [0.2, 0.25) is 0 Å². The maximum Gasteiger partial charge on any atom is 0.119 e. The summed E-state index contributed by atoms with van der Waals surface area (Å²) in [5.41, 5.74) is 3.03. The minimum Gasteiger partial charge on any atom is -0.497 e. The van der Waals surface area contributed by atoms with Gasteiger partial charge < -0.3 is 14.0 Å². The molecule has 0 aliphatic carbocycles. The molecular formula is C17H16N2O2. The number of hydrogen-bond donors (Lipinski definition) is 0. The van der Waals surface area contributed by atoms with E-state index in [0.717, 1.165) is 28.4 Å². The van der Waals surface area contributed by atoms with E-state index in [2.05, 4.69) is 4.98 Å². The first-order valence-electron chi connectivity index (χ1n) is 6.63. The summed E-state index contributed by atoms with van der Waals surface area (Å²) in [4.78, 5) is 4.45. The van der Waals surface area contributed by atoms with Crippen LogP contribution in [0.2, 0.25) is 0 Å². The third-order valence-electron chi connectivity index (χ3n) is 3.34. The Balaban J connectivity index is 1.87. The number of rotatable bonds is 4. The van der Waals surface area contributed by atoms with Crippen LogP contribution in [0, 0.1) is 0 Å². The summed E-state index contributed by atoms with van der Waals surface area (Å²) < 4.78 is 12.3. The molecule has 3 aromatic rings. The molecule has 21 heavy (non-hydrogen) atoms. The summed E-state index contributed by atoms with van der Waals surface area (Å²) in [7, 11) is 3.32. The van der Waals surface area contributed by atoms with E-state index in [1.165, 1.54) is 0 Å². The van der Waals surface area contributed by atoms with Crippen molar-refractivity contribution in [2.75, 3.05) is 14.2 Å². The summed E-state index contributed by atoms with van der Waals surface area (Å²) in [6, 6.07) is 15.7. The van der Waals surface area contributed by atoms with E-state index in [9.17, 15) is 0 Å². The van der Waals surface area contributed by atoms with Gasteiger partial charge in [-0.3, -0.25) is 0 Å². The summed E-state index contributed by atoms with van der Waals surface area (Å²) in [5.74, 6) is 1.68. The molecule has 0 spiro atoms. The average molecular weight is 280 g/mol. The Bertz CT molecular complexity index is 653. The molecule has 1 aromatic heterocycles. The van der Waals surface area contributed by atoms with Crippen molar-refractivity contribution in [2.24, 2.45) is 0 Å².